The molecule has 0 N–H and O–H groups in total. The summed E-state index contributed by atoms with van der Waals surface area (Å²) in [5, 5.41) is 0. The number of amides is 2. The lowest BCUT2D eigenvalue weighted by atomic mass is 9.81. The minimum atomic E-state index is -4.75. The minimum Gasteiger partial charge on any atom is -0.406 e. The van der Waals surface area contributed by atoms with E-state index in [1.165, 1.54) is 17.7 Å². The zero-order valence-corrected chi connectivity index (χ0v) is 27.0. The molecule has 2 aliphatic heterocycles. The summed E-state index contributed by atoms with van der Waals surface area (Å²) >= 11 is 0. The molecule has 0 aromatic heterocycles. The topological polar surface area (TPSA) is 53.1 Å². The maximum absolute atomic E-state index is 13.8. The molecule has 2 fully saturated rings. The number of benzene rings is 2. The van der Waals surface area contributed by atoms with Gasteiger partial charge in [-0.25, -0.2) is 0 Å². The van der Waals surface area contributed by atoms with E-state index in [1.807, 2.05) is 17.0 Å². The number of halogens is 3. The number of alkyl halides is 3. The van der Waals surface area contributed by atoms with E-state index < -0.39 is 6.36 Å². The van der Waals surface area contributed by atoms with Crippen LogP contribution in [0.1, 0.15) is 95.9 Å². The molecule has 2 aromatic carbocycles. The highest BCUT2D eigenvalue weighted by atomic mass is 19.4. The van der Waals surface area contributed by atoms with E-state index in [4.69, 9.17) is 0 Å². The smallest absolute Gasteiger partial charge is 0.406 e. The summed E-state index contributed by atoms with van der Waals surface area (Å²) < 4.78 is 42.9. The van der Waals surface area contributed by atoms with Gasteiger partial charge in [0.25, 0.3) is 0 Å². The highest BCUT2D eigenvalue weighted by molar-refractivity contribution is 5.77. The second-order valence-electron chi connectivity index (χ2n) is 13.6. The molecule has 6 nitrogen and oxygen atoms in total. The van der Waals surface area contributed by atoms with Crippen LogP contribution in [-0.4, -0.2) is 71.6 Å². The van der Waals surface area contributed by atoms with Crippen molar-refractivity contribution in [1.82, 2.24) is 14.7 Å². The Morgan fingerprint density at radius 1 is 0.932 bits per heavy atom. The summed E-state index contributed by atoms with van der Waals surface area (Å²) in [7, 11) is 0. The lowest BCUT2D eigenvalue weighted by Crippen LogP contribution is -2.60. The van der Waals surface area contributed by atoms with Gasteiger partial charge >= 0.3 is 6.36 Å². The lowest BCUT2D eigenvalue weighted by Gasteiger charge is -2.50. The molecule has 0 radical (unpaired) electrons. The molecule has 4 rings (SSSR count). The predicted molar refractivity (Wildman–Crippen MR) is 166 cm³/mol. The molecule has 44 heavy (non-hydrogen) atoms. The SMILES string of the molecule is CCC(C)c1ccccc1C(c1ccc(OC(F)(F)F)cc1)N1CCN(C(=O)CC2CCN(C(C)=O)CC2)[C@@H](C(C)(C)C)C1. The number of carbonyl (C=O) groups excluding carboxylic acids is 2. The third-order valence-electron chi connectivity index (χ3n) is 9.48. The fourth-order valence-electron chi connectivity index (χ4n) is 6.76. The van der Waals surface area contributed by atoms with Crippen LogP contribution in [0, 0.1) is 11.3 Å². The van der Waals surface area contributed by atoms with Crippen molar-refractivity contribution in [2.24, 2.45) is 11.3 Å². The van der Waals surface area contributed by atoms with E-state index in [0.29, 0.717) is 45.1 Å². The number of nitrogens with zero attached hydrogens (tertiary/aromatic N) is 3. The molecule has 2 heterocycles. The highest BCUT2D eigenvalue weighted by Crippen LogP contribution is 2.39. The molecule has 0 spiro atoms. The Bertz CT molecular complexity index is 1270. The zero-order valence-electron chi connectivity index (χ0n) is 27.0. The van der Waals surface area contributed by atoms with E-state index >= 15 is 0 Å². The largest absolute Gasteiger partial charge is 0.573 e. The summed E-state index contributed by atoms with van der Waals surface area (Å²) in [5.74, 6) is 0.579. The first-order chi connectivity index (χ1) is 20.7. The fourth-order valence-corrected chi connectivity index (χ4v) is 6.76. The second kappa shape index (κ2) is 13.9. The number of hydrogen-bond donors (Lipinski definition) is 0. The van der Waals surface area contributed by atoms with Gasteiger partial charge in [-0.2, -0.15) is 0 Å². The Morgan fingerprint density at radius 3 is 2.09 bits per heavy atom. The summed E-state index contributed by atoms with van der Waals surface area (Å²) in [6.45, 7) is 15.7. The van der Waals surface area contributed by atoms with Gasteiger partial charge in [0.15, 0.2) is 0 Å². The van der Waals surface area contributed by atoms with E-state index in [9.17, 15) is 22.8 Å². The van der Waals surface area contributed by atoms with Gasteiger partial charge in [0, 0.05) is 52.1 Å². The van der Waals surface area contributed by atoms with Gasteiger partial charge in [0.1, 0.15) is 5.75 Å². The van der Waals surface area contributed by atoms with E-state index in [-0.39, 0.29) is 41.0 Å². The Kier molecular flexibility index (Phi) is 10.7. The van der Waals surface area contributed by atoms with Crippen molar-refractivity contribution in [3.05, 3.63) is 65.2 Å². The van der Waals surface area contributed by atoms with Crippen molar-refractivity contribution < 1.29 is 27.5 Å². The number of likely N-dealkylation sites (tertiary alicyclic amines) is 1. The van der Waals surface area contributed by atoms with Crippen LogP contribution in [0.4, 0.5) is 13.2 Å². The van der Waals surface area contributed by atoms with E-state index in [1.54, 1.807) is 19.1 Å². The Morgan fingerprint density at radius 2 is 1.55 bits per heavy atom. The second-order valence-corrected chi connectivity index (χ2v) is 13.6. The van der Waals surface area contributed by atoms with Crippen LogP contribution in [0.3, 0.4) is 0 Å². The maximum atomic E-state index is 13.8. The molecule has 2 unspecified atom stereocenters. The van der Waals surface area contributed by atoms with Crippen LogP contribution >= 0.6 is 0 Å². The van der Waals surface area contributed by atoms with Crippen LogP contribution in [0.5, 0.6) is 5.75 Å². The molecular formula is C35H48F3N3O3. The maximum Gasteiger partial charge on any atom is 0.573 e. The first kappa shape index (κ1) is 33.8. The third kappa shape index (κ3) is 8.34. The van der Waals surface area contributed by atoms with E-state index in [2.05, 4.69) is 61.3 Å². The van der Waals surface area contributed by atoms with Gasteiger partial charge in [-0.1, -0.05) is 71.0 Å². The lowest BCUT2D eigenvalue weighted by molar-refractivity contribution is -0.274. The van der Waals surface area contributed by atoms with Gasteiger partial charge in [-0.3, -0.25) is 14.5 Å². The highest BCUT2D eigenvalue weighted by Gasteiger charge is 2.41. The number of carbonyl (C=O) groups is 2. The molecule has 2 amide bonds. The predicted octanol–water partition coefficient (Wildman–Crippen LogP) is 7.40. The number of rotatable bonds is 8. The molecular weight excluding hydrogens is 567 g/mol. The van der Waals surface area contributed by atoms with Crippen molar-refractivity contribution in [3.8, 4) is 5.75 Å². The monoisotopic (exact) mass is 615 g/mol. The van der Waals surface area contributed by atoms with Gasteiger partial charge in [-0.15, -0.1) is 13.2 Å². The quantitative estimate of drug-likeness (QED) is 0.311. The standard InChI is InChI=1S/C35H48F3N3O3/c1-7-24(2)29-10-8-9-11-30(29)33(27-12-14-28(15-13-27)44-35(36,37)38)40-20-21-41(31(23-40)34(4,5)6)32(43)22-26-16-18-39(19-17-26)25(3)42/h8-15,24,26,31,33H,7,16-23H2,1-6H3/t24?,31-,33?/m1/s1. The number of piperidine rings is 1. The molecule has 0 aliphatic carbocycles. The fraction of sp³-hybridized carbons (Fsp3) is 0.600. The Balaban J connectivity index is 1.62. The molecule has 3 atom stereocenters. The number of piperazine rings is 1. The zero-order chi connectivity index (χ0) is 32.2. The van der Waals surface area contributed by atoms with Crippen LogP contribution in [0.2, 0.25) is 0 Å². The first-order valence-electron chi connectivity index (χ1n) is 15.9. The molecule has 9 heteroatoms. The van der Waals surface area contributed by atoms with Crippen LogP contribution in [0.15, 0.2) is 48.5 Å². The summed E-state index contributed by atoms with van der Waals surface area (Å²) in [5.41, 5.74) is 3.05. The number of ether oxygens (including phenoxy) is 1. The summed E-state index contributed by atoms with van der Waals surface area (Å²) in [6.07, 6.45) is -1.63. The number of hydrogen-bond acceptors (Lipinski definition) is 4. The summed E-state index contributed by atoms with van der Waals surface area (Å²) in [6, 6.07) is 14.3. The molecule has 0 bridgehead atoms. The van der Waals surface area contributed by atoms with Crippen LogP contribution in [0.25, 0.3) is 0 Å². The van der Waals surface area contributed by atoms with Crippen molar-refractivity contribution >= 4 is 11.8 Å². The van der Waals surface area contributed by atoms with Crippen molar-refractivity contribution in [3.63, 3.8) is 0 Å². The average Bonchev–Trinajstić information content (AvgIpc) is 2.97. The van der Waals surface area contributed by atoms with Crippen molar-refractivity contribution in [2.75, 3.05) is 32.7 Å². The molecule has 0 saturated carbocycles. The molecule has 2 aliphatic rings. The van der Waals surface area contributed by atoms with E-state index in [0.717, 1.165) is 30.4 Å². The average molecular weight is 616 g/mol. The normalized spacial score (nSPS) is 20.3. The van der Waals surface area contributed by atoms with Gasteiger partial charge in [-0.05, 0) is 65.3 Å². The third-order valence-corrected chi connectivity index (χ3v) is 9.48. The van der Waals surface area contributed by atoms with Gasteiger partial charge < -0.3 is 14.5 Å². The van der Waals surface area contributed by atoms with Gasteiger partial charge in [0.05, 0.1) is 6.04 Å². The van der Waals surface area contributed by atoms with Crippen molar-refractivity contribution in [1.29, 1.82) is 0 Å². The van der Waals surface area contributed by atoms with Crippen LogP contribution < -0.4 is 4.74 Å². The Labute approximate surface area is 260 Å². The summed E-state index contributed by atoms with van der Waals surface area (Å²) in [4.78, 5) is 31.9. The van der Waals surface area contributed by atoms with Gasteiger partial charge in [0.2, 0.25) is 11.8 Å². The minimum absolute atomic E-state index is 0.0489. The Hall–Kier alpha value is -3.07. The molecule has 2 saturated heterocycles. The van der Waals surface area contributed by atoms with Crippen molar-refractivity contribution in [2.45, 2.75) is 91.6 Å². The van der Waals surface area contributed by atoms with Crippen LogP contribution in [-0.2, 0) is 9.59 Å². The molecule has 2 aromatic rings. The molecule has 242 valence electrons. The first-order valence-corrected chi connectivity index (χ1v) is 15.9.